The first-order chi connectivity index (χ1) is 7.93. The third-order valence-corrected chi connectivity index (χ3v) is 3.03. The standard InChI is InChI=1S/C11H12Br2N2O2/c1-6(10(16)14-2)15-11(17)7-3-8(12)5-9(13)4-7/h3-6H,1-2H3,(H,14,16)(H,15,17). The molecule has 1 rings (SSSR count). The number of likely N-dealkylation sites (N-methyl/N-ethyl adjacent to an activating group) is 1. The molecule has 0 radical (unpaired) electrons. The lowest BCUT2D eigenvalue weighted by atomic mass is 10.2. The van der Waals surface area contributed by atoms with Gasteiger partial charge in [0.25, 0.3) is 5.91 Å². The Balaban J connectivity index is 2.79. The molecule has 0 spiro atoms. The van der Waals surface area contributed by atoms with Gasteiger partial charge in [0.05, 0.1) is 0 Å². The summed E-state index contributed by atoms with van der Waals surface area (Å²) in [4.78, 5) is 23.1. The molecule has 92 valence electrons. The second kappa shape index (κ2) is 6.16. The van der Waals surface area contributed by atoms with E-state index in [2.05, 4.69) is 42.5 Å². The minimum Gasteiger partial charge on any atom is -0.357 e. The van der Waals surface area contributed by atoms with Crippen LogP contribution >= 0.6 is 31.9 Å². The van der Waals surface area contributed by atoms with E-state index in [1.165, 1.54) is 7.05 Å². The molecular weight excluding hydrogens is 352 g/mol. The first-order valence-corrected chi connectivity index (χ1v) is 6.51. The quantitative estimate of drug-likeness (QED) is 0.863. The van der Waals surface area contributed by atoms with Crippen LogP contribution in [0.25, 0.3) is 0 Å². The highest BCUT2D eigenvalue weighted by Crippen LogP contribution is 2.20. The maximum atomic E-state index is 11.8. The van der Waals surface area contributed by atoms with Gasteiger partial charge in [-0.2, -0.15) is 0 Å². The summed E-state index contributed by atoms with van der Waals surface area (Å²) in [6.07, 6.45) is 0. The van der Waals surface area contributed by atoms with Crippen LogP contribution < -0.4 is 10.6 Å². The second-order valence-corrected chi connectivity index (χ2v) is 5.30. The zero-order chi connectivity index (χ0) is 13.0. The number of rotatable bonds is 3. The Morgan fingerprint density at radius 2 is 1.71 bits per heavy atom. The molecule has 0 aliphatic rings. The summed E-state index contributed by atoms with van der Waals surface area (Å²) in [5.74, 6) is -0.518. The monoisotopic (exact) mass is 362 g/mol. The van der Waals surface area contributed by atoms with Crippen LogP contribution in [-0.4, -0.2) is 24.9 Å². The molecule has 17 heavy (non-hydrogen) atoms. The third-order valence-electron chi connectivity index (χ3n) is 2.11. The van der Waals surface area contributed by atoms with Crippen molar-refractivity contribution in [3.63, 3.8) is 0 Å². The molecule has 0 aromatic heterocycles. The molecule has 0 heterocycles. The molecule has 1 atom stereocenters. The van der Waals surface area contributed by atoms with Crippen LogP contribution in [-0.2, 0) is 4.79 Å². The van der Waals surface area contributed by atoms with E-state index in [4.69, 9.17) is 0 Å². The van der Waals surface area contributed by atoms with E-state index in [9.17, 15) is 9.59 Å². The summed E-state index contributed by atoms with van der Waals surface area (Å²) in [5, 5.41) is 5.08. The Hall–Kier alpha value is -0.880. The Bertz CT molecular complexity index is 429. The van der Waals surface area contributed by atoms with Crippen molar-refractivity contribution < 1.29 is 9.59 Å². The molecule has 2 amide bonds. The number of benzene rings is 1. The summed E-state index contributed by atoms with van der Waals surface area (Å²) in [6.45, 7) is 1.63. The number of nitrogens with one attached hydrogen (secondary N) is 2. The van der Waals surface area contributed by atoms with Gasteiger partial charge in [-0.25, -0.2) is 0 Å². The lowest BCUT2D eigenvalue weighted by molar-refractivity contribution is -0.122. The molecule has 0 bridgehead atoms. The number of hydrogen-bond donors (Lipinski definition) is 2. The van der Waals surface area contributed by atoms with E-state index in [1.54, 1.807) is 19.1 Å². The molecular formula is C11H12Br2N2O2. The Morgan fingerprint density at radius 1 is 1.18 bits per heavy atom. The van der Waals surface area contributed by atoms with Crippen LogP contribution in [0.1, 0.15) is 17.3 Å². The second-order valence-electron chi connectivity index (χ2n) is 3.47. The van der Waals surface area contributed by atoms with Crippen LogP contribution in [0.4, 0.5) is 0 Å². The molecule has 4 nitrogen and oxygen atoms in total. The number of hydrogen-bond acceptors (Lipinski definition) is 2. The van der Waals surface area contributed by atoms with E-state index in [-0.39, 0.29) is 11.8 Å². The first kappa shape index (κ1) is 14.2. The normalized spacial score (nSPS) is 11.8. The lowest BCUT2D eigenvalue weighted by Gasteiger charge is -2.12. The molecule has 1 aromatic carbocycles. The van der Waals surface area contributed by atoms with Gasteiger partial charge >= 0.3 is 0 Å². The summed E-state index contributed by atoms with van der Waals surface area (Å²) in [6, 6.07) is 4.65. The molecule has 1 aromatic rings. The van der Waals surface area contributed by atoms with Gasteiger partial charge in [-0.15, -0.1) is 0 Å². The highest BCUT2D eigenvalue weighted by molar-refractivity contribution is 9.11. The van der Waals surface area contributed by atoms with Gasteiger partial charge in [-0.3, -0.25) is 9.59 Å². The zero-order valence-electron chi connectivity index (χ0n) is 9.38. The molecule has 1 unspecified atom stereocenters. The predicted octanol–water partition coefficient (Wildman–Crippen LogP) is 2.08. The molecule has 0 fully saturated rings. The average molecular weight is 364 g/mol. The van der Waals surface area contributed by atoms with E-state index >= 15 is 0 Å². The van der Waals surface area contributed by atoms with Gasteiger partial charge in [0.2, 0.25) is 5.91 Å². The Morgan fingerprint density at radius 3 is 2.18 bits per heavy atom. The summed E-state index contributed by atoms with van der Waals surface area (Å²) < 4.78 is 1.59. The van der Waals surface area contributed by atoms with E-state index in [0.29, 0.717) is 5.56 Å². The van der Waals surface area contributed by atoms with Gasteiger partial charge in [0, 0.05) is 21.6 Å². The maximum Gasteiger partial charge on any atom is 0.251 e. The minimum absolute atomic E-state index is 0.229. The van der Waals surface area contributed by atoms with Crippen LogP contribution in [0.2, 0.25) is 0 Å². The van der Waals surface area contributed by atoms with Gasteiger partial charge in [0.1, 0.15) is 6.04 Å². The largest absolute Gasteiger partial charge is 0.357 e. The SMILES string of the molecule is CNC(=O)C(C)NC(=O)c1cc(Br)cc(Br)c1. The third kappa shape index (κ3) is 4.12. The van der Waals surface area contributed by atoms with Crippen molar-refractivity contribution in [2.24, 2.45) is 0 Å². The van der Waals surface area contributed by atoms with Crippen LogP contribution in [0.3, 0.4) is 0 Å². The topological polar surface area (TPSA) is 58.2 Å². The smallest absolute Gasteiger partial charge is 0.251 e. The molecule has 0 saturated heterocycles. The molecule has 0 saturated carbocycles. The zero-order valence-corrected chi connectivity index (χ0v) is 12.6. The fourth-order valence-electron chi connectivity index (χ4n) is 1.25. The number of carbonyl (C=O) groups is 2. The summed E-state index contributed by atoms with van der Waals surface area (Å²) in [7, 11) is 1.53. The van der Waals surface area contributed by atoms with E-state index in [0.717, 1.165) is 8.95 Å². The van der Waals surface area contributed by atoms with Crippen LogP contribution in [0.15, 0.2) is 27.1 Å². The van der Waals surface area contributed by atoms with Gasteiger partial charge in [0.15, 0.2) is 0 Å². The average Bonchev–Trinajstić information content (AvgIpc) is 2.26. The Labute approximate surface area is 116 Å². The van der Waals surface area contributed by atoms with E-state index in [1.807, 2.05) is 6.07 Å². The van der Waals surface area contributed by atoms with Gasteiger partial charge in [-0.05, 0) is 25.1 Å². The predicted molar refractivity (Wildman–Crippen MR) is 72.8 cm³/mol. The fraction of sp³-hybridized carbons (Fsp3) is 0.273. The van der Waals surface area contributed by atoms with Crippen LogP contribution in [0.5, 0.6) is 0 Å². The van der Waals surface area contributed by atoms with Gasteiger partial charge in [-0.1, -0.05) is 31.9 Å². The van der Waals surface area contributed by atoms with Crippen molar-refractivity contribution in [2.45, 2.75) is 13.0 Å². The number of halogens is 2. The van der Waals surface area contributed by atoms with Crippen molar-refractivity contribution in [3.05, 3.63) is 32.7 Å². The maximum absolute atomic E-state index is 11.8. The molecule has 2 N–H and O–H groups in total. The fourth-order valence-corrected chi connectivity index (χ4v) is 2.54. The van der Waals surface area contributed by atoms with E-state index < -0.39 is 6.04 Å². The highest BCUT2D eigenvalue weighted by Gasteiger charge is 2.15. The molecule has 0 aliphatic heterocycles. The van der Waals surface area contributed by atoms with Crippen molar-refractivity contribution in [2.75, 3.05) is 7.05 Å². The lowest BCUT2D eigenvalue weighted by Crippen LogP contribution is -2.43. The van der Waals surface area contributed by atoms with Crippen LogP contribution in [0, 0.1) is 0 Å². The number of amides is 2. The van der Waals surface area contributed by atoms with Gasteiger partial charge < -0.3 is 10.6 Å². The number of carbonyl (C=O) groups excluding carboxylic acids is 2. The molecule has 6 heteroatoms. The molecule has 0 aliphatic carbocycles. The van der Waals surface area contributed by atoms with Crippen molar-refractivity contribution >= 4 is 43.7 Å². The van der Waals surface area contributed by atoms with Crippen molar-refractivity contribution in [1.29, 1.82) is 0 Å². The van der Waals surface area contributed by atoms with Crippen molar-refractivity contribution in [1.82, 2.24) is 10.6 Å². The Kier molecular flexibility index (Phi) is 5.14. The highest BCUT2D eigenvalue weighted by atomic mass is 79.9. The minimum atomic E-state index is -0.565. The summed E-state index contributed by atoms with van der Waals surface area (Å²) in [5.41, 5.74) is 0.488. The summed E-state index contributed by atoms with van der Waals surface area (Å²) >= 11 is 6.60. The first-order valence-electron chi connectivity index (χ1n) is 4.92. The van der Waals surface area contributed by atoms with Crippen molar-refractivity contribution in [3.8, 4) is 0 Å².